The highest BCUT2D eigenvalue weighted by Gasteiger charge is 2.58. The molecule has 1 aliphatic carbocycles. The molecule has 0 bridgehead atoms. The Balaban J connectivity index is 1.22. The number of ketones is 1. The van der Waals surface area contributed by atoms with E-state index in [-0.39, 0.29) is 36.6 Å². The number of rotatable bonds is 4. The Labute approximate surface area is 181 Å². The largest absolute Gasteiger partial charge is 0.471 e. The average Bonchev–Trinajstić information content (AvgIpc) is 3.10. The first-order valence-corrected chi connectivity index (χ1v) is 10.2. The molecule has 0 radical (unpaired) electrons. The molecule has 1 amide bonds. The van der Waals surface area contributed by atoms with E-state index in [0.717, 1.165) is 26.9 Å². The summed E-state index contributed by atoms with van der Waals surface area (Å²) >= 11 is 0. The Morgan fingerprint density at radius 3 is 2.50 bits per heavy atom. The molecule has 4 heterocycles. The maximum absolute atomic E-state index is 12.7. The summed E-state index contributed by atoms with van der Waals surface area (Å²) in [5.41, 5.74) is 2.88. The summed E-state index contributed by atoms with van der Waals surface area (Å²) < 4.78 is 39.3. The van der Waals surface area contributed by atoms with Crippen molar-refractivity contribution in [2.24, 2.45) is 18.4 Å². The van der Waals surface area contributed by atoms with Gasteiger partial charge in [0, 0.05) is 72.5 Å². The first-order chi connectivity index (χ1) is 15.1. The highest BCUT2D eigenvalue weighted by molar-refractivity contribution is 5.87. The molecule has 7 nitrogen and oxygen atoms in total. The van der Waals surface area contributed by atoms with Crippen molar-refractivity contribution >= 4 is 22.6 Å². The van der Waals surface area contributed by atoms with Gasteiger partial charge < -0.3 is 4.90 Å². The molecule has 0 atom stereocenters. The molecule has 2 aliphatic rings. The average molecular weight is 443 g/mol. The molecule has 5 rings (SSSR count). The van der Waals surface area contributed by atoms with E-state index in [1.165, 1.54) is 0 Å². The molecule has 3 aromatic heterocycles. The van der Waals surface area contributed by atoms with Crippen LogP contribution in [-0.2, 0) is 23.1 Å². The lowest BCUT2D eigenvalue weighted by Gasteiger charge is -2.58. The van der Waals surface area contributed by atoms with Crippen LogP contribution in [0.2, 0.25) is 0 Å². The summed E-state index contributed by atoms with van der Waals surface area (Å²) in [6, 6.07) is 3.83. The SMILES string of the molecule is Cn1cc(-c2cnc3cnc(CC(=O)C4CC5(C4)CN(C(=O)C(F)(F)F)C5)cc3c2)cn1. The van der Waals surface area contributed by atoms with Gasteiger partial charge in [-0.1, -0.05) is 0 Å². The highest BCUT2D eigenvalue weighted by atomic mass is 19.4. The standard InChI is InChI=1S/C22H20F3N5O2/c1-29-10-16(8-28-29)14-2-13-3-17(26-9-18(13)27-7-14)4-19(31)15-5-21(6-15)11-30(12-21)20(32)22(23,24)25/h2-3,7-10,15H,4-6,11-12H2,1H3. The van der Waals surface area contributed by atoms with Crippen molar-refractivity contribution in [1.29, 1.82) is 0 Å². The minimum Gasteiger partial charge on any atom is -0.334 e. The second-order valence-corrected chi connectivity index (χ2v) is 8.90. The first-order valence-electron chi connectivity index (χ1n) is 10.2. The third-order valence-electron chi connectivity index (χ3n) is 6.41. The van der Waals surface area contributed by atoms with Gasteiger partial charge in [-0.3, -0.25) is 24.2 Å². The molecule has 10 heteroatoms. The number of hydrogen-bond donors (Lipinski definition) is 0. The number of fused-ring (bicyclic) bond motifs is 1. The summed E-state index contributed by atoms with van der Waals surface area (Å²) in [5, 5.41) is 5.04. The van der Waals surface area contributed by atoms with E-state index in [9.17, 15) is 22.8 Å². The van der Waals surface area contributed by atoms with Crippen LogP contribution in [0.1, 0.15) is 18.5 Å². The number of Topliss-reactive ketones (excluding diaryl/α,β-unsaturated/α-hetero) is 1. The van der Waals surface area contributed by atoms with Gasteiger partial charge in [0.25, 0.3) is 0 Å². The van der Waals surface area contributed by atoms with Crippen LogP contribution in [-0.4, -0.2) is 55.6 Å². The molecular weight excluding hydrogens is 423 g/mol. The topological polar surface area (TPSA) is 81.0 Å². The van der Waals surface area contributed by atoms with Crippen molar-refractivity contribution in [3.8, 4) is 11.1 Å². The molecule has 1 saturated carbocycles. The molecule has 0 aromatic carbocycles. The number of carbonyl (C=O) groups is 2. The van der Waals surface area contributed by atoms with Crippen LogP contribution >= 0.6 is 0 Å². The van der Waals surface area contributed by atoms with Crippen LogP contribution in [0.5, 0.6) is 0 Å². The van der Waals surface area contributed by atoms with Gasteiger partial charge in [0.15, 0.2) is 0 Å². The normalized spacial score (nSPS) is 17.9. The summed E-state index contributed by atoms with van der Waals surface area (Å²) in [7, 11) is 1.84. The fourth-order valence-electron chi connectivity index (χ4n) is 4.78. The summed E-state index contributed by atoms with van der Waals surface area (Å²) in [5.74, 6) is -1.97. The number of nitrogens with zero attached hydrogens (tertiary/aromatic N) is 5. The Bertz CT molecular complexity index is 1220. The molecule has 1 aliphatic heterocycles. The van der Waals surface area contributed by atoms with Crippen molar-refractivity contribution in [3.63, 3.8) is 0 Å². The maximum Gasteiger partial charge on any atom is 0.471 e. The Morgan fingerprint density at radius 2 is 1.84 bits per heavy atom. The van der Waals surface area contributed by atoms with Gasteiger partial charge >= 0.3 is 12.1 Å². The zero-order valence-electron chi connectivity index (χ0n) is 17.3. The Morgan fingerprint density at radius 1 is 1.09 bits per heavy atom. The third kappa shape index (κ3) is 3.63. The van der Waals surface area contributed by atoms with E-state index in [1.807, 2.05) is 25.4 Å². The van der Waals surface area contributed by atoms with Gasteiger partial charge in [0.05, 0.1) is 17.9 Å². The molecule has 166 valence electrons. The molecule has 3 aromatic rings. The molecule has 0 unspecified atom stereocenters. The molecule has 1 spiro atoms. The van der Waals surface area contributed by atoms with Crippen molar-refractivity contribution < 1.29 is 22.8 Å². The number of aryl methyl sites for hydroxylation is 1. The van der Waals surface area contributed by atoms with Crippen LogP contribution in [0.3, 0.4) is 0 Å². The smallest absolute Gasteiger partial charge is 0.334 e. The third-order valence-corrected chi connectivity index (χ3v) is 6.41. The number of amides is 1. The van der Waals surface area contributed by atoms with Crippen LogP contribution in [0.15, 0.2) is 36.9 Å². The number of alkyl halides is 3. The van der Waals surface area contributed by atoms with Crippen molar-refractivity contribution in [3.05, 3.63) is 42.6 Å². The predicted molar refractivity (Wildman–Crippen MR) is 108 cm³/mol. The highest BCUT2D eigenvalue weighted by Crippen LogP contribution is 2.53. The molecular formula is C22H20F3N5O2. The minimum absolute atomic E-state index is 0.0273. The van der Waals surface area contributed by atoms with E-state index >= 15 is 0 Å². The quantitative estimate of drug-likeness (QED) is 0.620. The second-order valence-electron chi connectivity index (χ2n) is 8.90. The van der Waals surface area contributed by atoms with Gasteiger partial charge in [-0.15, -0.1) is 0 Å². The fraction of sp³-hybridized carbons (Fsp3) is 0.409. The monoisotopic (exact) mass is 443 g/mol. The van der Waals surface area contributed by atoms with E-state index < -0.39 is 12.1 Å². The van der Waals surface area contributed by atoms with Gasteiger partial charge in [0.2, 0.25) is 0 Å². The number of pyridine rings is 2. The summed E-state index contributed by atoms with van der Waals surface area (Å²) in [6.07, 6.45) is 3.41. The van der Waals surface area contributed by atoms with Crippen LogP contribution < -0.4 is 0 Å². The molecule has 32 heavy (non-hydrogen) atoms. The zero-order chi connectivity index (χ0) is 22.7. The van der Waals surface area contributed by atoms with Crippen molar-refractivity contribution in [2.45, 2.75) is 25.4 Å². The fourth-order valence-corrected chi connectivity index (χ4v) is 4.78. The summed E-state index contributed by atoms with van der Waals surface area (Å²) in [6.45, 7) is 0.151. The van der Waals surface area contributed by atoms with Crippen molar-refractivity contribution in [1.82, 2.24) is 24.6 Å². The number of hydrogen-bond acceptors (Lipinski definition) is 5. The minimum atomic E-state index is -4.84. The van der Waals surface area contributed by atoms with Crippen molar-refractivity contribution in [2.75, 3.05) is 13.1 Å². The number of aromatic nitrogens is 4. The Hall–Kier alpha value is -3.30. The molecule has 0 N–H and O–H groups in total. The first kappa shape index (κ1) is 20.6. The number of carbonyl (C=O) groups excluding carboxylic acids is 2. The lowest BCUT2D eigenvalue weighted by atomic mass is 9.56. The summed E-state index contributed by atoms with van der Waals surface area (Å²) in [4.78, 5) is 33.6. The maximum atomic E-state index is 12.7. The number of halogens is 3. The van der Waals surface area contributed by atoms with Crippen LogP contribution in [0.4, 0.5) is 13.2 Å². The van der Waals surface area contributed by atoms with Gasteiger partial charge in [-0.25, -0.2) is 0 Å². The van der Waals surface area contributed by atoms with Gasteiger partial charge in [-0.05, 0) is 25.0 Å². The van der Waals surface area contributed by atoms with Crippen LogP contribution in [0.25, 0.3) is 22.0 Å². The van der Waals surface area contributed by atoms with E-state index in [0.29, 0.717) is 18.5 Å². The molecule has 1 saturated heterocycles. The molecule has 2 fully saturated rings. The lowest BCUT2D eigenvalue weighted by Crippen LogP contribution is -2.66. The zero-order valence-corrected chi connectivity index (χ0v) is 17.3. The predicted octanol–water partition coefficient (Wildman–Crippen LogP) is 2.94. The lowest BCUT2D eigenvalue weighted by molar-refractivity contribution is -0.203. The second kappa shape index (κ2) is 7.11. The van der Waals surface area contributed by atoms with E-state index in [2.05, 4.69) is 15.1 Å². The van der Waals surface area contributed by atoms with E-state index in [1.54, 1.807) is 23.3 Å². The van der Waals surface area contributed by atoms with Gasteiger partial charge in [-0.2, -0.15) is 18.3 Å². The van der Waals surface area contributed by atoms with E-state index in [4.69, 9.17) is 0 Å². The number of likely N-dealkylation sites (tertiary alicyclic amines) is 1. The van der Waals surface area contributed by atoms with Crippen LogP contribution in [0, 0.1) is 11.3 Å². The Kier molecular flexibility index (Phi) is 4.58. The van der Waals surface area contributed by atoms with Gasteiger partial charge in [0.1, 0.15) is 5.78 Å².